The number of nitrogen functional groups attached to an aromatic ring is 1. The van der Waals surface area contributed by atoms with Gasteiger partial charge in [-0.25, -0.2) is 4.98 Å². The third-order valence-electron chi connectivity index (χ3n) is 3.50. The van der Waals surface area contributed by atoms with Gasteiger partial charge < -0.3 is 15.7 Å². The highest BCUT2D eigenvalue weighted by Gasteiger charge is 2.21. The van der Waals surface area contributed by atoms with Crippen molar-refractivity contribution in [2.24, 2.45) is 5.73 Å². The zero-order valence-electron chi connectivity index (χ0n) is 11.3. The minimum atomic E-state index is 0.0680. The molecule has 0 aromatic carbocycles. The molecule has 0 atom stereocenters. The fourth-order valence-corrected chi connectivity index (χ4v) is 2.44. The quantitative estimate of drug-likeness (QED) is 0.516. The van der Waals surface area contributed by atoms with Crippen molar-refractivity contribution in [3.05, 3.63) is 23.4 Å². The van der Waals surface area contributed by atoms with Crippen LogP contribution < -0.4 is 10.6 Å². The number of nitrogens with two attached hydrogens (primary N) is 1. The van der Waals surface area contributed by atoms with Crippen LogP contribution in [0.2, 0.25) is 0 Å². The fourth-order valence-electron chi connectivity index (χ4n) is 2.44. The molecule has 0 bridgehead atoms. The van der Waals surface area contributed by atoms with Gasteiger partial charge in [-0.05, 0) is 18.6 Å². The van der Waals surface area contributed by atoms with E-state index in [9.17, 15) is 0 Å². The lowest BCUT2D eigenvalue weighted by molar-refractivity contribution is 0.188. The van der Waals surface area contributed by atoms with Crippen LogP contribution in [0.1, 0.15) is 11.1 Å². The zero-order valence-corrected chi connectivity index (χ0v) is 11.3. The van der Waals surface area contributed by atoms with Crippen LogP contribution in [-0.2, 0) is 0 Å². The van der Waals surface area contributed by atoms with E-state index in [4.69, 9.17) is 16.2 Å². The molecule has 4 N–H and O–H groups in total. The van der Waals surface area contributed by atoms with Crippen molar-refractivity contribution >= 4 is 11.7 Å². The van der Waals surface area contributed by atoms with Gasteiger partial charge in [-0.2, -0.15) is 0 Å². The maximum absolute atomic E-state index is 8.94. The first kappa shape index (κ1) is 13.8. The van der Waals surface area contributed by atoms with Crippen molar-refractivity contribution in [3.8, 4) is 0 Å². The Balaban J connectivity index is 2.15. The molecule has 1 aromatic rings. The third kappa shape index (κ3) is 3.02. The Morgan fingerprint density at radius 2 is 2.11 bits per heavy atom. The number of piperazine rings is 1. The summed E-state index contributed by atoms with van der Waals surface area (Å²) in [6.07, 6.45) is 1.76. The van der Waals surface area contributed by atoms with Crippen LogP contribution in [0.5, 0.6) is 0 Å². The smallest absolute Gasteiger partial charge is 0.139 e. The second-order valence-electron chi connectivity index (χ2n) is 4.79. The molecule has 1 aliphatic heterocycles. The van der Waals surface area contributed by atoms with Gasteiger partial charge in [0.25, 0.3) is 0 Å². The molecule has 0 radical (unpaired) electrons. The summed E-state index contributed by atoms with van der Waals surface area (Å²) in [4.78, 5) is 8.78. The van der Waals surface area contributed by atoms with E-state index in [1.807, 2.05) is 13.0 Å². The van der Waals surface area contributed by atoms with Gasteiger partial charge in [-0.15, -0.1) is 0 Å². The van der Waals surface area contributed by atoms with E-state index in [0.717, 1.165) is 43.1 Å². The lowest BCUT2D eigenvalue weighted by Gasteiger charge is -2.36. The van der Waals surface area contributed by atoms with Crippen LogP contribution in [0, 0.1) is 12.3 Å². The van der Waals surface area contributed by atoms with Crippen molar-refractivity contribution in [3.63, 3.8) is 0 Å². The number of rotatable bonds is 4. The monoisotopic (exact) mass is 263 g/mol. The Hall–Kier alpha value is -1.66. The molecule has 0 spiro atoms. The van der Waals surface area contributed by atoms with Gasteiger partial charge in [0.1, 0.15) is 11.7 Å². The lowest BCUT2D eigenvalue weighted by atomic mass is 10.1. The number of nitrogens with one attached hydrogen (secondary N) is 1. The molecule has 104 valence electrons. The summed E-state index contributed by atoms with van der Waals surface area (Å²) in [5.41, 5.74) is 7.39. The van der Waals surface area contributed by atoms with Crippen molar-refractivity contribution in [2.45, 2.75) is 6.92 Å². The average molecular weight is 263 g/mol. The maximum atomic E-state index is 8.94. The largest absolute Gasteiger partial charge is 0.395 e. The summed E-state index contributed by atoms with van der Waals surface area (Å²) in [7, 11) is 0. The molecule has 2 rings (SSSR count). The number of aliphatic hydroxyl groups excluding tert-OH is 1. The second-order valence-corrected chi connectivity index (χ2v) is 4.79. The predicted molar refractivity (Wildman–Crippen MR) is 75.7 cm³/mol. The molecule has 6 nitrogen and oxygen atoms in total. The van der Waals surface area contributed by atoms with Crippen LogP contribution in [0.3, 0.4) is 0 Å². The van der Waals surface area contributed by atoms with Crippen LogP contribution in [0.15, 0.2) is 12.3 Å². The van der Waals surface area contributed by atoms with Crippen molar-refractivity contribution in [1.29, 1.82) is 5.41 Å². The van der Waals surface area contributed by atoms with Crippen LogP contribution >= 0.6 is 0 Å². The highest BCUT2D eigenvalue weighted by atomic mass is 16.3. The minimum absolute atomic E-state index is 0.0680. The first-order chi connectivity index (χ1) is 9.13. The predicted octanol–water partition coefficient (Wildman–Crippen LogP) is -0.212. The standard InChI is InChI=1S/C13H21N5O/c1-10-2-3-16-13(11(10)12(14)15)18-6-4-17(5-7-18)8-9-19/h2-3,19H,4-9H2,1H3,(H3,14,15). The normalized spacial score (nSPS) is 16.6. The summed E-state index contributed by atoms with van der Waals surface area (Å²) >= 11 is 0. The number of aryl methyl sites for hydroxylation is 1. The molecule has 6 heteroatoms. The van der Waals surface area contributed by atoms with E-state index in [-0.39, 0.29) is 12.4 Å². The molecular weight excluding hydrogens is 242 g/mol. The molecule has 1 aliphatic rings. The molecule has 0 aliphatic carbocycles. The van der Waals surface area contributed by atoms with E-state index in [1.165, 1.54) is 0 Å². The van der Waals surface area contributed by atoms with Gasteiger partial charge >= 0.3 is 0 Å². The minimum Gasteiger partial charge on any atom is -0.395 e. The fraction of sp³-hybridized carbons (Fsp3) is 0.538. The zero-order chi connectivity index (χ0) is 13.8. The number of pyridine rings is 1. The lowest BCUT2D eigenvalue weighted by Crippen LogP contribution is -2.48. The number of nitrogens with zero attached hydrogens (tertiary/aromatic N) is 3. The Morgan fingerprint density at radius 1 is 1.42 bits per heavy atom. The average Bonchev–Trinajstić information content (AvgIpc) is 2.39. The Morgan fingerprint density at radius 3 is 2.68 bits per heavy atom. The van der Waals surface area contributed by atoms with Gasteiger partial charge in [0.2, 0.25) is 0 Å². The molecule has 1 fully saturated rings. The number of aromatic nitrogens is 1. The number of hydrogen-bond acceptors (Lipinski definition) is 5. The highest BCUT2D eigenvalue weighted by molar-refractivity contribution is 6.01. The van der Waals surface area contributed by atoms with E-state index in [1.54, 1.807) is 6.20 Å². The summed E-state index contributed by atoms with van der Waals surface area (Å²) in [6, 6.07) is 1.88. The van der Waals surface area contributed by atoms with Crippen molar-refractivity contribution in [1.82, 2.24) is 9.88 Å². The topological polar surface area (TPSA) is 89.5 Å². The van der Waals surface area contributed by atoms with Crippen LogP contribution in [0.4, 0.5) is 5.82 Å². The molecule has 1 aromatic heterocycles. The number of β-amino-alcohol motifs (C(OH)–C–C–N with tert-alkyl or cyclic N) is 1. The SMILES string of the molecule is Cc1ccnc(N2CCN(CCO)CC2)c1C(=N)N. The van der Waals surface area contributed by atoms with Crippen LogP contribution in [0.25, 0.3) is 0 Å². The number of aliphatic hydroxyl groups is 1. The Kier molecular flexibility index (Phi) is 4.34. The molecule has 0 unspecified atom stereocenters. The summed E-state index contributed by atoms with van der Waals surface area (Å²) in [5, 5.41) is 16.7. The van der Waals surface area contributed by atoms with Crippen molar-refractivity contribution in [2.75, 3.05) is 44.2 Å². The van der Waals surface area contributed by atoms with E-state index < -0.39 is 0 Å². The molecule has 0 saturated carbocycles. The number of amidine groups is 1. The van der Waals surface area contributed by atoms with E-state index >= 15 is 0 Å². The van der Waals surface area contributed by atoms with Gasteiger partial charge in [0.15, 0.2) is 0 Å². The Bertz CT molecular complexity index is 454. The first-order valence-corrected chi connectivity index (χ1v) is 6.51. The first-order valence-electron chi connectivity index (χ1n) is 6.51. The summed E-state index contributed by atoms with van der Waals surface area (Å²) in [5.74, 6) is 0.870. The van der Waals surface area contributed by atoms with Gasteiger partial charge in [-0.1, -0.05) is 0 Å². The number of hydrogen-bond donors (Lipinski definition) is 3. The highest BCUT2D eigenvalue weighted by Crippen LogP contribution is 2.21. The molecule has 2 heterocycles. The van der Waals surface area contributed by atoms with Gasteiger partial charge in [0, 0.05) is 38.9 Å². The summed E-state index contributed by atoms with van der Waals surface area (Å²) in [6.45, 7) is 6.34. The van der Waals surface area contributed by atoms with E-state index in [0.29, 0.717) is 6.54 Å². The van der Waals surface area contributed by atoms with Gasteiger partial charge in [-0.3, -0.25) is 10.3 Å². The molecular formula is C13H21N5O. The number of anilines is 1. The second kappa shape index (κ2) is 5.99. The van der Waals surface area contributed by atoms with Crippen molar-refractivity contribution < 1.29 is 5.11 Å². The van der Waals surface area contributed by atoms with Crippen LogP contribution in [-0.4, -0.2) is 60.2 Å². The molecule has 1 saturated heterocycles. The molecule has 19 heavy (non-hydrogen) atoms. The van der Waals surface area contributed by atoms with Gasteiger partial charge in [0.05, 0.1) is 12.2 Å². The third-order valence-corrected chi connectivity index (χ3v) is 3.50. The Labute approximate surface area is 113 Å². The maximum Gasteiger partial charge on any atom is 0.139 e. The van der Waals surface area contributed by atoms with E-state index in [2.05, 4.69) is 14.8 Å². The molecule has 0 amide bonds. The summed E-state index contributed by atoms with van der Waals surface area (Å²) < 4.78 is 0.